The summed E-state index contributed by atoms with van der Waals surface area (Å²) in [5, 5.41) is 9.06. The molecule has 0 fully saturated rings. The number of fused-ring (bicyclic) bond motifs is 2. The molecule has 1 aliphatic rings. The summed E-state index contributed by atoms with van der Waals surface area (Å²) in [5.74, 6) is 0.0377. The van der Waals surface area contributed by atoms with Crippen LogP contribution in [0.2, 0.25) is 0 Å². The predicted octanol–water partition coefficient (Wildman–Crippen LogP) is 3.37. The van der Waals surface area contributed by atoms with E-state index in [2.05, 4.69) is 32.3 Å². The summed E-state index contributed by atoms with van der Waals surface area (Å²) >= 11 is 0. The molecule has 4 heterocycles. The van der Waals surface area contributed by atoms with E-state index < -0.39 is 0 Å². The Morgan fingerprint density at radius 3 is 3.04 bits per heavy atom. The third-order valence-electron chi connectivity index (χ3n) is 5.00. The highest BCUT2D eigenvalue weighted by molar-refractivity contribution is 6.05. The van der Waals surface area contributed by atoms with E-state index in [1.807, 2.05) is 35.4 Å². The lowest BCUT2D eigenvalue weighted by atomic mass is 9.99. The quantitative estimate of drug-likeness (QED) is 0.586. The molecule has 1 amide bonds. The topological polar surface area (TPSA) is 77.7 Å². The molecule has 6 heteroatoms. The molecule has 0 saturated heterocycles. The SMILES string of the molecule is O=C(c1cccc2cn[nH]c12)N1CC=C(c2c[nH]c3ncccc23)CC1. The summed E-state index contributed by atoms with van der Waals surface area (Å²) < 4.78 is 0. The number of nitrogens with zero attached hydrogens (tertiary/aromatic N) is 3. The molecular weight excluding hydrogens is 326 g/mol. The number of hydrogen-bond acceptors (Lipinski definition) is 3. The number of aromatic nitrogens is 4. The third kappa shape index (κ3) is 2.30. The van der Waals surface area contributed by atoms with E-state index in [1.165, 1.54) is 11.1 Å². The maximum Gasteiger partial charge on any atom is 0.256 e. The Morgan fingerprint density at radius 2 is 2.15 bits per heavy atom. The summed E-state index contributed by atoms with van der Waals surface area (Å²) in [5.41, 5.74) is 4.81. The van der Waals surface area contributed by atoms with Crippen LogP contribution in [0.3, 0.4) is 0 Å². The predicted molar refractivity (Wildman–Crippen MR) is 101 cm³/mol. The van der Waals surface area contributed by atoms with Crippen LogP contribution in [0, 0.1) is 0 Å². The molecule has 0 bridgehead atoms. The third-order valence-corrected chi connectivity index (χ3v) is 5.00. The van der Waals surface area contributed by atoms with Gasteiger partial charge in [-0.15, -0.1) is 0 Å². The number of benzene rings is 1. The molecule has 0 atom stereocenters. The molecule has 3 aromatic heterocycles. The van der Waals surface area contributed by atoms with Crippen LogP contribution in [-0.2, 0) is 0 Å². The van der Waals surface area contributed by atoms with Crippen LogP contribution in [0.1, 0.15) is 22.3 Å². The Balaban J connectivity index is 1.43. The molecule has 6 nitrogen and oxygen atoms in total. The van der Waals surface area contributed by atoms with Gasteiger partial charge in [-0.25, -0.2) is 4.98 Å². The Hall–Kier alpha value is -3.41. The maximum absolute atomic E-state index is 12.9. The van der Waals surface area contributed by atoms with E-state index in [4.69, 9.17) is 0 Å². The second-order valence-corrected chi connectivity index (χ2v) is 6.47. The first kappa shape index (κ1) is 14.9. The van der Waals surface area contributed by atoms with Gasteiger partial charge in [0.2, 0.25) is 0 Å². The van der Waals surface area contributed by atoms with Crippen LogP contribution >= 0.6 is 0 Å². The fourth-order valence-electron chi connectivity index (χ4n) is 3.64. The first-order chi connectivity index (χ1) is 12.8. The average molecular weight is 343 g/mol. The van der Waals surface area contributed by atoms with Crippen molar-refractivity contribution in [3.63, 3.8) is 0 Å². The lowest BCUT2D eigenvalue weighted by Gasteiger charge is -2.26. The number of para-hydroxylation sites is 1. The molecule has 5 rings (SSSR count). The van der Waals surface area contributed by atoms with Gasteiger partial charge in [0.25, 0.3) is 5.91 Å². The fraction of sp³-hybridized carbons (Fsp3) is 0.150. The zero-order valence-corrected chi connectivity index (χ0v) is 14.1. The minimum absolute atomic E-state index is 0.0377. The highest BCUT2D eigenvalue weighted by atomic mass is 16.2. The molecule has 0 spiro atoms. The van der Waals surface area contributed by atoms with Crippen molar-refractivity contribution in [3.8, 4) is 0 Å². The van der Waals surface area contributed by atoms with Crippen molar-refractivity contribution in [2.24, 2.45) is 0 Å². The number of carbonyl (C=O) groups is 1. The van der Waals surface area contributed by atoms with Gasteiger partial charge < -0.3 is 9.88 Å². The Labute approximate surface area is 149 Å². The molecule has 1 aromatic carbocycles. The highest BCUT2D eigenvalue weighted by Crippen LogP contribution is 2.29. The maximum atomic E-state index is 12.9. The first-order valence-electron chi connectivity index (χ1n) is 8.64. The smallest absolute Gasteiger partial charge is 0.256 e. The molecule has 2 N–H and O–H groups in total. The van der Waals surface area contributed by atoms with Crippen LogP contribution in [0.25, 0.3) is 27.5 Å². The second-order valence-electron chi connectivity index (χ2n) is 6.47. The zero-order valence-electron chi connectivity index (χ0n) is 14.1. The normalized spacial score (nSPS) is 14.8. The van der Waals surface area contributed by atoms with E-state index in [9.17, 15) is 4.79 Å². The minimum Gasteiger partial charge on any atom is -0.346 e. The van der Waals surface area contributed by atoms with Crippen molar-refractivity contribution in [2.45, 2.75) is 6.42 Å². The van der Waals surface area contributed by atoms with Gasteiger partial charge in [0.1, 0.15) is 5.65 Å². The van der Waals surface area contributed by atoms with Crippen molar-refractivity contribution < 1.29 is 4.79 Å². The van der Waals surface area contributed by atoms with Gasteiger partial charge in [-0.05, 0) is 30.2 Å². The van der Waals surface area contributed by atoms with Crippen LogP contribution in [-0.4, -0.2) is 44.1 Å². The largest absolute Gasteiger partial charge is 0.346 e. The number of nitrogens with one attached hydrogen (secondary N) is 2. The van der Waals surface area contributed by atoms with Crippen LogP contribution < -0.4 is 0 Å². The molecule has 4 aromatic rings. The fourth-order valence-corrected chi connectivity index (χ4v) is 3.64. The molecule has 0 aliphatic carbocycles. The summed E-state index contributed by atoms with van der Waals surface area (Å²) in [7, 11) is 0. The van der Waals surface area contributed by atoms with E-state index in [0.29, 0.717) is 18.7 Å². The molecule has 1 aliphatic heterocycles. The van der Waals surface area contributed by atoms with Gasteiger partial charge in [-0.1, -0.05) is 18.2 Å². The Bertz CT molecular complexity index is 1150. The molecular formula is C20H17N5O. The Morgan fingerprint density at radius 1 is 1.19 bits per heavy atom. The van der Waals surface area contributed by atoms with Crippen LogP contribution in [0.4, 0.5) is 0 Å². The van der Waals surface area contributed by atoms with Gasteiger partial charge in [0.05, 0.1) is 17.3 Å². The zero-order chi connectivity index (χ0) is 17.5. The molecule has 0 unspecified atom stereocenters. The molecule has 0 saturated carbocycles. The van der Waals surface area contributed by atoms with E-state index in [-0.39, 0.29) is 5.91 Å². The number of amides is 1. The number of H-pyrrole nitrogens is 2. The van der Waals surface area contributed by atoms with E-state index in [0.717, 1.165) is 28.4 Å². The van der Waals surface area contributed by atoms with E-state index in [1.54, 1.807) is 12.4 Å². The summed E-state index contributed by atoms with van der Waals surface area (Å²) in [4.78, 5) is 22.4. The van der Waals surface area contributed by atoms with Crippen molar-refractivity contribution in [1.29, 1.82) is 0 Å². The molecule has 128 valence electrons. The van der Waals surface area contributed by atoms with Gasteiger partial charge in [-0.2, -0.15) is 5.10 Å². The lowest BCUT2D eigenvalue weighted by molar-refractivity contribution is 0.0774. The summed E-state index contributed by atoms with van der Waals surface area (Å²) in [6.45, 7) is 1.30. The monoisotopic (exact) mass is 343 g/mol. The number of hydrogen-bond donors (Lipinski definition) is 2. The van der Waals surface area contributed by atoms with Crippen molar-refractivity contribution >= 4 is 33.4 Å². The molecule has 26 heavy (non-hydrogen) atoms. The van der Waals surface area contributed by atoms with E-state index >= 15 is 0 Å². The minimum atomic E-state index is 0.0377. The van der Waals surface area contributed by atoms with Crippen molar-refractivity contribution in [2.75, 3.05) is 13.1 Å². The number of aromatic amines is 2. The van der Waals surface area contributed by atoms with Gasteiger partial charge >= 0.3 is 0 Å². The van der Waals surface area contributed by atoms with Crippen LogP contribution in [0.15, 0.2) is 55.0 Å². The Kier molecular flexibility index (Phi) is 3.35. The second kappa shape index (κ2) is 5.84. The van der Waals surface area contributed by atoms with Crippen molar-refractivity contribution in [1.82, 2.24) is 25.1 Å². The summed E-state index contributed by atoms with van der Waals surface area (Å²) in [6, 6.07) is 9.73. The number of carbonyl (C=O) groups excluding carboxylic acids is 1. The standard InChI is InChI=1S/C20H17N5O/c26-20(16-4-1-3-14-11-23-24-18(14)16)25-9-6-13(7-10-25)17-12-22-19-15(17)5-2-8-21-19/h1-6,8,11-12H,7,9-10H2,(H,21,22)(H,23,24). The van der Waals surface area contributed by atoms with Gasteiger partial charge in [0.15, 0.2) is 0 Å². The van der Waals surface area contributed by atoms with Gasteiger partial charge in [-0.3, -0.25) is 9.89 Å². The van der Waals surface area contributed by atoms with Gasteiger partial charge in [0, 0.05) is 41.8 Å². The average Bonchev–Trinajstić information content (AvgIpc) is 3.34. The van der Waals surface area contributed by atoms with Crippen LogP contribution in [0.5, 0.6) is 0 Å². The number of rotatable bonds is 2. The summed E-state index contributed by atoms with van der Waals surface area (Å²) in [6.07, 6.45) is 8.50. The molecule has 0 radical (unpaired) electrons. The number of pyridine rings is 1. The first-order valence-corrected chi connectivity index (χ1v) is 8.64. The lowest BCUT2D eigenvalue weighted by Crippen LogP contribution is -2.34. The van der Waals surface area contributed by atoms with Crippen molar-refractivity contribution in [3.05, 3.63) is 66.1 Å². The highest BCUT2D eigenvalue weighted by Gasteiger charge is 2.22.